The molecule has 1 aliphatic rings. The quantitative estimate of drug-likeness (QED) is 0.522. The number of benzene rings is 3. The Morgan fingerprint density at radius 1 is 0.879 bits per heavy atom. The number of carbonyl (C=O) groups is 2. The molecule has 0 saturated carbocycles. The summed E-state index contributed by atoms with van der Waals surface area (Å²) >= 11 is 0. The van der Waals surface area contributed by atoms with Crippen molar-refractivity contribution in [2.75, 3.05) is 26.7 Å². The maximum absolute atomic E-state index is 13.0. The second-order valence-corrected chi connectivity index (χ2v) is 8.47. The molecule has 1 saturated heterocycles. The maximum Gasteiger partial charge on any atom is 0.234 e. The topological polar surface area (TPSA) is 58.6 Å². The van der Waals surface area contributed by atoms with Gasteiger partial charge in [-0.1, -0.05) is 72.8 Å². The van der Waals surface area contributed by atoms with E-state index in [4.69, 9.17) is 4.74 Å². The number of likely N-dealkylation sites (tertiary alicyclic amines) is 1. The van der Waals surface area contributed by atoms with Crippen LogP contribution in [-0.4, -0.2) is 43.3 Å². The molecule has 1 heterocycles. The number of amides is 1. The molecule has 1 N–H and O–H groups in total. The number of methoxy groups -OCH3 is 1. The van der Waals surface area contributed by atoms with E-state index < -0.39 is 0 Å². The van der Waals surface area contributed by atoms with Crippen LogP contribution in [0.2, 0.25) is 0 Å². The summed E-state index contributed by atoms with van der Waals surface area (Å²) < 4.78 is 5.27. The van der Waals surface area contributed by atoms with Crippen LogP contribution >= 0.6 is 0 Å². The maximum atomic E-state index is 13.0. The molecule has 33 heavy (non-hydrogen) atoms. The van der Waals surface area contributed by atoms with Crippen LogP contribution in [0.1, 0.15) is 40.4 Å². The fourth-order valence-corrected chi connectivity index (χ4v) is 4.40. The first-order valence-electron chi connectivity index (χ1n) is 11.4. The van der Waals surface area contributed by atoms with E-state index in [1.807, 2.05) is 84.9 Å². The Morgan fingerprint density at radius 2 is 1.45 bits per heavy atom. The molecular formula is C28H30N2O3. The zero-order valence-corrected chi connectivity index (χ0v) is 18.9. The number of piperidine rings is 1. The predicted molar refractivity (Wildman–Crippen MR) is 129 cm³/mol. The van der Waals surface area contributed by atoms with Crippen molar-refractivity contribution in [2.45, 2.75) is 18.9 Å². The second kappa shape index (κ2) is 10.9. The fraction of sp³-hybridized carbons (Fsp3) is 0.286. The average molecular weight is 443 g/mol. The van der Waals surface area contributed by atoms with Crippen LogP contribution in [0.4, 0.5) is 0 Å². The first-order valence-corrected chi connectivity index (χ1v) is 11.4. The summed E-state index contributed by atoms with van der Waals surface area (Å²) in [4.78, 5) is 27.8. The van der Waals surface area contributed by atoms with Gasteiger partial charge in [0.2, 0.25) is 5.91 Å². The van der Waals surface area contributed by atoms with Crippen molar-refractivity contribution in [3.8, 4) is 5.75 Å². The first-order chi connectivity index (χ1) is 16.1. The molecule has 0 bridgehead atoms. The minimum absolute atomic E-state index is 0.0208. The van der Waals surface area contributed by atoms with Crippen molar-refractivity contribution in [3.63, 3.8) is 0 Å². The Morgan fingerprint density at radius 3 is 2.06 bits per heavy atom. The van der Waals surface area contributed by atoms with Crippen molar-refractivity contribution in [1.29, 1.82) is 0 Å². The number of rotatable bonds is 8. The molecule has 4 rings (SSSR count). The van der Waals surface area contributed by atoms with Crippen LogP contribution in [0.25, 0.3) is 0 Å². The van der Waals surface area contributed by atoms with Gasteiger partial charge in [0.1, 0.15) is 5.75 Å². The van der Waals surface area contributed by atoms with Gasteiger partial charge < -0.3 is 10.1 Å². The minimum atomic E-state index is -0.234. The summed E-state index contributed by atoms with van der Waals surface area (Å²) in [6.07, 6.45) is 1.56. The van der Waals surface area contributed by atoms with E-state index >= 15 is 0 Å². The lowest BCUT2D eigenvalue weighted by Gasteiger charge is -2.31. The van der Waals surface area contributed by atoms with E-state index in [1.54, 1.807) is 7.11 Å². The number of Topliss-reactive ketones (excluding diaryl/α,β-unsaturated/α-hetero) is 1. The first kappa shape index (κ1) is 22.7. The highest BCUT2D eigenvalue weighted by Gasteiger charge is 2.27. The Kier molecular flexibility index (Phi) is 7.53. The molecule has 1 fully saturated rings. The zero-order chi connectivity index (χ0) is 23.0. The number of ether oxygens (including phenoxy) is 1. The molecule has 0 spiro atoms. The van der Waals surface area contributed by atoms with Crippen LogP contribution < -0.4 is 10.1 Å². The van der Waals surface area contributed by atoms with Crippen LogP contribution in [0.3, 0.4) is 0 Å². The molecule has 5 nitrogen and oxygen atoms in total. The highest BCUT2D eigenvalue weighted by molar-refractivity contribution is 5.97. The summed E-state index contributed by atoms with van der Waals surface area (Å²) in [7, 11) is 1.64. The van der Waals surface area contributed by atoms with Crippen LogP contribution in [0.5, 0.6) is 5.75 Å². The van der Waals surface area contributed by atoms with E-state index in [2.05, 4.69) is 10.2 Å². The molecule has 1 atom stereocenters. The number of nitrogens with zero attached hydrogens (tertiary/aromatic N) is 1. The number of nitrogens with one attached hydrogen (secondary N) is 1. The number of carbonyl (C=O) groups excluding carboxylic acids is 2. The largest absolute Gasteiger partial charge is 0.497 e. The van der Waals surface area contributed by atoms with Gasteiger partial charge in [-0.15, -0.1) is 0 Å². The van der Waals surface area contributed by atoms with Gasteiger partial charge in [-0.25, -0.2) is 0 Å². The predicted octanol–water partition coefficient (Wildman–Crippen LogP) is 4.50. The lowest BCUT2D eigenvalue weighted by molar-refractivity contribution is -0.123. The Hall–Kier alpha value is -3.44. The third-order valence-electron chi connectivity index (χ3n) is 6.27. The van der Waals surface area contributed by atoms with E-state index in [9.17, 15) is 9.59 Å². The normalized spacial score (nSPS) is 15.5. The van der Waals surface area contributed by atoms with Crippen molar-refractivity contribution in [3.05, 3.63) is 102 Å². The Labute approximate surface area is 195 Å². The fourth-order valence-electron chi connectivity index (χ4n) is 4.40. The van der Waals surface area contributed by atoms with Gasteiger partial charge in [-0.05, 0) is 49.2 Å². The molecular weight excluding hydrogens is 412 g/mol. The Balaban J connectivity index is 1.36. The number of hydrogen-bond acceptors (Lipinski definition) is 4. The van der Waals surface area contributed by atoms with Gasteiger partial charge in [0.15, 0.2) is 5.78 Å². The highest BCUT2D eigenvalue weighted by Crippen LogP contribution is 2.25. The number of ketones is 1. The minimum Gasteiger partial charge on any atom is -0.497 e. The summed E-state index contributed by atoms with van der Waals surface area (Å²) in [6.45, 7) is 1.82. The van der Waals surface area contributed by atoms with Crippen LogP contribution in [-0.2, 0) is 4.79 Å². The van der Waals surface area contributed by atoms with Crippen molar-refractivity contribution in [1.82, 2.24) is 10.2 Å². The van der Waals surface area contributed by atoms with Gasteiger partial charge in [-0.3, -0.25) is 14.5 Å². The van der Waals surface area contributed by atoms with Crippen molar-refractivity contribution < 1.29 is 14.3 Å². The summed E-state index contributed by atoms with van der Waals surface area (Å²) in [5, 5.41) is 3.21. The molecule has 0 aliphatic carbocycles. The van der Waals surface area contributed by atoms with E-state index in [-0.39, 0.29) is 23.7 Å². The van der Waals surface area contributed by atoms with Crippen LogP contribution in [0, 0.1) is 5.92 Å². The third kappa shape index (κ3) is 5.88. The lowest BCUT2D eigenvalue weighted by Crippen LogP contribution is -2.43. The monoisotopic (exact) mass is 442 g/mol. The molecule has 3 aromatic carbocycles. The molecule has 5 heteroatoms. The summed E-state index contributed by atoms with van der Waals surface area (Å²) in [5.74, 6) is 1.00. The van der Waals surface area contributed by atoms with Crippen molar-refractivity contribution in [2.24, 2.45) is 5.92 Å². The second-order valence-electron chi connectivity index (χ2n) is 8.47. The molecule has 0 radical (unpaired) electrons. The summed E-state index contributed by atoms with van der Waals surface area (Å²) in [5.41, 5.74) is 2.81. The standard InChI is InChI=1S/C28H30N2O3/c1-33-25-14-12-22(13-15-25)27(21-8-4-2-5-9-21)29-26(31)20-30-18-16-24(17-19-30)28(32)23-10-6-3-7-11-23/h2-15,24,27H,16-20H2,1H3,(H,29,31). The molecule has 3 aromatic rings. The molecule has 1 aliphatic heterocycles. The number of hydrogen-bond donors (Lipinski definition) is 1. The van der Waals surface area contributed by atoms with Gasteiger partial charge in [-0.2, -0.15) is 0 Å². The van der Waals surface area contributed by atoms with Gasteiger partial charge in [0.05, 0.1) is 19.7 Å². The van der Waals surface area contributed by atoms with E-state index in [1.165, 1.54) is 0 Å². The molecule has 0 aromatic heterocycles. The molecule has 1 amide bonds. The van der Waals surface area contributed by atoms with Gasteiger partial charge in [0.25, 0.3) is 0 Å². The van der Waals surface area contributed by atoms with Crippen LogP contribution in [0.15, 0.2) is 84.9 Å². The molecule has 170 valence electrons. The smallest absolute Gasteiger partial charge is 0.234 e. The highest BCUT2D eigenvalue weighted by atomic mass is 16.5. The van der Waals surface area contributed by atoms with Gasteiger partial charge >= 0.3 is 0 Å². The van der Waals surface area contributed by atoms with E-state index in [0.29, 0.717) is 6.54 Å². The average Bonchev–Trinajstić information content (AvgIpc) is 2.88. The lowest BCUT2D eigenvalue weighted by atomic mass is 9.89. The Bertz CT molecular complexity index is 1040. The van der Waals surface area contributed by atoms with Crippen molar-refractivity contribution >= 4 is 11.7 Å². The SMILES string of the molecule is COc1ccc(C(NC(=O)CN2CCC(C(=O)c3ccccc3)CC2)c2ccccc2)cc1. The zero-order valence-electron chi connectivity index (χ0n) is 18.9. The summed E-state index contributed by atoms with van der Waals surface area (Å²) in [6, 6.07) is 27.0. The third-order valence-corrected chi connectivity index (χ3v) is 6.27. The molecule has 1 unspecified atom stereocenters. The van der Waals surface area contributed by atoms with Gasteiger partial charge in [0, 0.05) is 11.5 Å². The van der Waals surface area contributed by atoms with E-state index in [0.717, 1.165) is 48.4 Å².